The largest absolute Gasteiger partial charge is 0.481 e. The number of benzene rings is 2. The number of nitrogens with one attached hydrogen (secondary N) is 1. The Kier molecular flexibility index (Phi) is 4.95. The molecule has 0 amide bonds. The van der Waals surface area contributed by atoms with E-state index in [0.29, 0.717) is 21.5 Å². The van der Waals surface area contributed by atoms with Crippen LogP contribution in [0.25, 0.3) is 21.8 Å². The van der Waals surface area contributed by atoms with Crippen LogP contribution in [0.3, 0.4) is 0 Å². The number of carboxylic acid groups (broad SMARTS) is 1. The summed E-state index contributed by atoms with van der Waals surface area (Å²) in [5.74, 6) is -2.16. The van der Waals surface area contributed by atoms with E-state index in [0.717, 1.165) is 14.9 Å². The highest BCUT2D eigenvalue weighted by Gasteiger charge is 2.33. The fraction of sp³-hybridized carbons (Fsp3) is 0.136. The van der Waals surface area contributed by atoms with Gasteiger partial charge in [0, 0.05) is 27.8 Å². The molecule has 0 bridgehead atoms. The predicted octanol–water partition coefficient (Wildman–Crippen LogP) is 5.07. The Hall–Kier alpha value is -3.03. The molecule has 2 aromatic heterocycles. The topological polar surface area (TPSA) is 92.2 Å². The molecule has 2 N–H and O–H groups in total. The van der Waals surface area contributed by atoms with Crippen molar-refractivity contribution in [3.63, 3.8) is 0 Å². The van der Waals surface area contributed by atoms with Gasteiger partial charge in [-0.3, -0.25) is 4.79 Å². The predicted molar refractivity (Wildman–Crippen MR) is 119 cm³/mol. The molecule has 154 valence electrons. The molecule has 2 aromatic carbocycles. The molecule has 0 aliphatic heterocycles. The minimum absolute atomic E-state index is 0.161. The first kappa shape index (κ1) is 20.3. The number of carboxylic acids is 1. The zero-order valence-electron chi connectivity index (χ0n) is 16.0. The second-order valence-electron chi connectivity index (χ2n) is 7.12. The first-order valence-electron chi connectivity index (χ1n) is 9.21. The lowest BCUT2D eigenvalue weighted by molar-refractivity contribution is -0.138. The number of aliphatic carboxylic acids is 1. The van der Waals surface area contributed by atoms with Crippen LogP contribution in [0, 0.1) is 0 Å². The smallest absolute Gasteiger partial charge is 0.312 e. The van der Waals surface area contributed by atoms with Crippen molar-refractivity contribution in [2.24, 2.45) is 0 Å². The Morgan fingerprint density at radius 2 is 1.93 bits per heavy atom. The minimum Gasteiger partial charge on any atom is -0.481 e. The van der Waals surface area contributed by atoms with E-state index in [1.165, 1.54) is 13.0 Å². The van der Waals surface area contributed by atoms with Crippen molar-refractivity contribution < 1.29 is 18.3 Å². The van der Waals surface area contributed by atoms with Crippen molar-refractivity contribution in [3.05, 3.63) is 83.7 Å². The summed E-state index contributed by atoms with van der Waals surface area (Å²) in [5, 5.41) is 10.3. The van der Waals surface area contributed by atoms with E-state index >= 15 is 0 Å². The maximum atomic E-state index is 13.8. The monoisotopic (exact) mass is 442 g/mol. The number of hydrogen-bond donors (Lipinski definition) is 2. The lowest BCUT2D eigenvalue weighted by Crippen LogP contribution is -2.24. The number of rotatable bonds is 6. The quantitative estimate of drug-likeness (QED) is 0.408. The van der Waals surface area contributed by atoms with Gasteiger partial charge in [0.05, 0.1) is 11.4 Å². The zero-order valence-corrected chi connectivity index (χ0v) is 17.6. The van der Waals surface area contributed by atoms with Crippen molar-refractivity contribution in [2.75, 3.05) is 0 Å². The maximum absolute atomic E-state index is 13.8. The van der Waals surface area contributed by atoms with Gasteiger partial charge in [-0.15, -0.1) is 6.58 Å². The molecule has 0 spiro atoms. The number of fused-ring (bicyclic) bond motifs is 2. The van der Waals surface area contributed by atoms with E-state index in [2.05, 4.69) is 11.6 Å². The summed E-state index contributed by atoms with van der Waals surface area (Å²) in [4.78, 5) is 14.8. The van der Waals surface area contributed by atoms with Gasteiger partial charge in [0.25, 0.3) is 0 Å². The van der Waals surface area contributed by atoms with Crippen molar-refractivity contribution in [2.45, 2.75) is 18.1 Å². The maximum Gasteiger partial charge on any atom is 0.312 e. The number of H-pyrrole nitrogens is 1. The molecule has 0 fully saturated rings. The number of hydrogen-bond acceptors (Lipinski definition) is 3. The lowest BCUT2D eigenvalue weighted by Gasteiger charge is -2.20. The summed E-state index contributed by atoms with van der Waals surface area (Å²) in [6.45, 7) is 5.20. The molecule has 2 heterocycles. The summed E-state index contributed by atoms with van der Waals surface area (Å²) in [6, 6.07) is 13.5. The molecule has 4 rings (SSSR count). The normalized spacial score (nSPS) is 14.1. The summed E-state index contributed by atoms with van der Waals surface area (Å²) in [7, 11) is -4.08. The van der Waals surface area contributed by atoms with E-state index in [4.69, 9.17) is 11.6 Å². The van der Waals surface area contributed by atoms with Crippen LogP contribution in [0.1, 0.15) is 29.3 Å². The standard InChI is InChI=1S/C22H19ClN2O4S/c1-3-21(15-4-6-18-14(10-15)8-9-24-18)30(28,29)25-19-7-5-17(23)11-16(19)12-20(25)13(2)22(26)27/h3-13,21,24H,1H2,2H3,(H,26,27). The van der Waals surface area contributed by atoms with Gasteiger partial charge in [-0.05, 0) is 60.3 Å². The number of carbonyl (C=O) groups is 1. The van der Waals surface area contributed by atoms with Crippen LogP contribution < -0.4 is 0 Å². The van der Waals surface area contributed by atoms with Gasteiger partial charge in [0.1, 0.15) is 5.25 Å². The summed E-state index contributed by atoms with van der Waals surface area (Å²) in [5.41, 5.74) is 1.97. The van der Waals surface area contributed by atoms with Crippen LogP contribution in [-0.2, 0) is 14.8 Å². The molecule has 0 radical (unpaired) electrons. The average Bonchev–Trinajstić information content (AvgIpc) is 3.31. The highest BCUT2D eigenvalue weighted by Crippen LogP contribution is 2.35. The molecule has 0 aliphatic carbocycles. The molecule has 2 atom stereocenters. The van der Waals surface area contributed by atoms with Gasteiger partial charge >= 0.3 is 5.97 Å². The molecule has 30 heavy (non-hydrogen) atoms. The number of aromatic nitrogens is 2. The van der Waals surface area contributed by atoms with Crippen LogP contribution >= 0.6 is 11.6 Å². The van der Waals surface area contributed by atoms with Gasteiger partial charge in [-0.25, -0.2) is 12.4 Å². The van der Waals surface area contributed by atoms with Crippen LogP contribution in [0.4, 0.5) is 0 Å². The van der Waals surface area contributed by atoms with E-state index in [-0.39, 0.29) is 5.69 Å². The third kappa shape index (κ3) is 3.20. The van der Waals surface area contributed by atoms with Gasteiger partial charge in [-0.2, -0.15) is 0 Å². The Morgan fingerprint density at radius 1 is 1.17 bits per heavy atom. The Morgan fingerprint density at radius 3 is 2.63 bits per heavy atom. The van der Waals surface area contributed by atoms with E-state index < -0.39 is 27.2 Å². The summed E-state index contributed by atoms with van der Waals surface area (Å²) < 4.78 is 28.7. The molecule has 0 saturated heterocycles. The average molecular weight is 443 g/mol. The Bertz CT molecular complexity index is 1400. The van der Waals surface area contributed by atoms with Gasteiger partial charge < -0.3 is 10.1 Å². The second kappa shape index (κ2) is 7.34. The van der Waals surface area contributed by atoms with E-state index in [1.54, 1.807) is 42.6 Å². The van der Waals surface area contributed by atoms with Gasteiger partial charge in [0.15, 0.2) is 0 Å². The van der Waals surface area contributed by atoms with Gasteiger partial charge in [0.2, 0.25) is 10.0 Å². The molecule has 6 nitrogen and oxygen atoms in total. The van der Waals surface area contributed by atoms with Crippen molar-refractivity contribution in [3.8, 4) is 0 Å². The first-order chi connectivity index (χ1) is 14.2. The fourth-order valence-corrected chi connectivity index (χ4v) is 5.77. The van der Waals surface area contributed by atoms with E-state index in [9.17, 15) is 18.3 Å². The van der Waals surface area contributed by atoms with E-state index in [1.807, 2.05) is 12.1 Å². The van der Waals surface area contributed by atoms with Crippen LogP contribution in [0.2, 0.25) is 5.02 Å². The minimum atomic E-state index is -4.08. The molecule has 0 aliphatic rings. The fourth-order valence-electron chi connectivity index (χ4n) is 3.69. The van der Waals surface area contributed by atoms with Crippen LogP contribution in [-0.4, -0.2) is 28.5 Å². The highest BCUT2D eigenvalue weighted by atomic mass is 35.5. The molecular weight excluding hydrogens is 424 g/mol. The Balaban J connectivity index is 1.97. The number of nitrogens with zero attached hydrogens (tertiary/aromatic N) is 1. The van der Waals surface area contributed by atoms with Gasteiger partial charge in [-0.1, -0.05) is 23.7 Å². The zero-order chi connectivity index (χ0) is 21.6. The highest BCUT2D eigenvalue weighted by molar-refractivity contribution is 7.90. The van der Waals surface area contributed by atoms with Crippen molar-refractivity contribution in [1.29, 1.82) is 0 Å². The van der Waals surface area contributed by atoms with Crippen molar-refractivity contribution >= 4 is 49.4 Å². The van der Waals surface area contributed by atoms with Crippen LogP contribution in [0.15, 0.2) is 67.4 Å². The SMILES string of the molecule is C=CC(c1ccc2[nH]ccc2c1)S(=O)(=O)n1c(C(C)C(=O)O)cc2cc(Cl)ccc21. The second-order valence-corrected chi connectivity index (χ2v) is 9.46. The molecule has 2 unspecified atom stereocenters. The summed E-state index contributed by atoms with van der Waals surface area (Å²) in [6.07, 6.45) is 3.14. The lowest BCUT2D eigenvalue weighted by atomic mass is 10.1. The Labute approximate surface area is 178 Å². The number of aromatic amines is 1. The third-order valence-electron chi connectivity index (χ3n) is 5.26. The van der Waals surface area contributed by atoms with Crippen LogP contribution in [0.5, 0.6) is 0 Å². The molecule has 0 saturated carbocycles. The molecular formula is C22H19ClN2O4S. The first-order valence-corrected chi connectivity index (χ1v) is 11.1. The van der Waals surface area contributed by atoms with Crippen molar-refractivity contribution in [1.82, 2.24) is 8.96 Å². The third-order valence-corrected chi connectivity index (χ3v) is 7.51. The molecule has 4 aromatic rings. The summed E-state index contributed by atoms with van der Waals surface area (Å²) >= 11 is 6.07. The molecule has 8 heteroatoms. The number of halogens is 1.